The van der Waals surface area contributed by atoms with E-state index in [9.17, 15) is 4.79 Å². The van der Waals surface area contributed by atoms with Gasteiger partial charge in [-0.2, -0.15) is 0 Å². The zero-order valence-electron chi connectivity index (χ0n) is 13.6. The van der Waals surface area contributed by atoms with Crippen LogP contribution in [0, 0.1) is 12.8 Å². The van der Waals surface area contributed by atoms with Crippen molar-refractivity contribution < 1.29 is 4.79 Å². The number of amides is 1. The van der Waals surface area contributed by atoms with Gasteiger partial charge in [-0.3, -0.25) is 4.79 Å². The van der Waals surface area contributed by atoms with Crippen LogP contribution < -0.4 is 5.32 Å². The lowest BCUT2D eigenvalue weighted by molar-refractivity contribution is -0.130. The number of nitrogens with zero attached hydrogens (tertiary/aromatic N) is 1. The van der Waals surface area contributed by atoms with Gasteiger partial charge in [-0.25, -0.2) is 0 Å². The minimum atomic E-state index is 0.320. The van der Waals surface area contributed by atoms with Crippen LogP contribution in [0.15, 0.2) is 24.3 Å². The van der Waals surface area contributed by atoms with Crippen LogP contribution in [-0.2, 0) is 4.79 Å². The van der Waals surface area contributed by atoms with Crippen molar-refractivity contribution in [2.24, 2.45) is 5.92 Å². The molecule has 0 spiro atoms. The van der Waals surface area contributed by atoms with Gasteiger partial charge in [0.15, 0.2) is 0 Å². The topological polar surface area (TPSA) is 32.3 Å². The molecule has 0 aromatic heterocycles. The first-order chi connectivity index (χ1) is 10.1. The number of rotatable bonds is 6. The Bertz CT molecular complexity index is 455. The van der Waals surface area contributed by atoms with Gasteiger partial charge >= 0.3 is 0 Å². The fourth-order valence-corrected chi connectivity index (χ4v) is 3.19. The summed E-state index contributed by atoms with van der Waals surface area (Å²) in [5, 5.41) is 3.21. The molecule has 2 atom stereocenters. The van der Waals surface area contributed by atoms with Gasteiger partial charge in [0.05, 0.1) is 0 Å². The summed E-state index contributed by atoms with van der Waals surface area (Å²) in [7, 11) is 1.98. The second-order valence-corrected chi connectivity index (χ2v) is 6.27. The fraction of sp³-hybridized carbons (Fsp3) is 0.611. The van der Waals surface area contributed by atoms with Gasteiger partial charge in [-0.1, -0.05) is 36.8 Å². The van der Waals surface area contributed by atoms with Gasteiger partial charge in [0.2, 0.25) is 5.91 Å². The average molecular weight is 288 g/mol. The summed E-state index contributed by atoms with van der Waals surface area (Å²) in [6, 6.07) is 8.62. The Kier molecular flexibility index (Phi) is 5.80. The maximum Gasteiger partial charge on any atom is 0.223 e. The molecule has 3 heteroatoms. The Labute approximate surface area is 128 Å². The van der Waals surface area contributed by atoms with Crippen LogP contribution in [0.3, 0.4) is 0 Å². The fourth-order valence-electron chi connectivity index (χ4n) is 3.19. The first-order valence-electron chi connectivity index (χ1n) is 8.13. The zero-order chi connectivity index (χ0) is 15.2. The lowest BCUT2D eigenvalue weighted by atomic mass is 9.92. The molecule has 0 bridgehead atoms. The number of nitrogens with one attached hydrogen (secondary N) is 1. The van der Waals surface area contributed by atoms with Crippen LogP contribution in [-0.4, -0.2) is 37.5 Å². The summed E-state index contributed by atoms with van der Waals surface area (Å²) in [5.41, 5.74) is 2.57. The standard InChI is InChI=1S/C18H28N2O/c1-4-16(17-7-5-14(2)6-8-17)11-18(21)20-10-9-15(13-20)12-19-3/h5-8,15-16,19H,4,9-13H2,1-3H3. The minimum Gasteiger partial charge on any atom is -0.342 e. The van der Waals surface area contributed by atoms with Crippen molar-refractivity contribution in [2.45, 2.75) is 39.0 Å². The Morgan fingerprint density at radius 2 is 2.10 bits per heavy atom. The molecule has 0 radical (unpaired) electrons. The second kappa shape index (κ2) is 7.60. The lowest BCUT2D eigenvalue weighted by Gasteiger charge is -2.21. The zero-order valence-corrected chi connectivity index (χ0v) is 13.6. The first-order valence-corrected chi connectivity index (χ1v) is 8.13. The monoisotopic (exact) mass is 288 g/mol. The van der Waals surface area contributed by atoms with Gasteiger partial charge in [-0.05, 0) is 50.8 Å². The molecule has 1 aromatic rings. The third-order valence-electron chi connectivity index (χ3n) is 4.59. The molecule has 0 aliphatic carbocycles. The number of hydrogen-bond donors (Lipinski definition) is 1. The van der Waals surface area contributed by atoms with E-state index in [4.69, 9.17) is 0 Å². The van der Waals surface area contributed by atoms with Gasteiger partial charge < -0.3 is 10.2 Å². The summed E-state index contributed by atoms with van der Waals surface area (Å²) in [6.45, 7) is 7.13. The summed E-state index contributed by atoms with van der Waals surface area (Å²) in [4.78, 5) is 14.6. The average Bonchev–Trinajstić information content (AvgIpc) is 2.95. The number of hydrogen-bond acceptors (Lipinski definition) is 2. The Balaban J connectivity index is 1.92. The Morgan fingerprint density at radius 3 is 2.71 bits per heavy atom. The quantitative estimate of drug-likeness (QED) is 0.873. The maximum atomic E-state index is 12.5. The van der Waals surface area contributed by atoms with Crippen molar-refractivity contribution in [2.75, 3.05) is 26.7 Å². The highest BCUT2D eigenvalue weighted by molar-refractivity contribution is 5.77. The lowest BCUT2D eigenvalue weighted by Crippen LogP contribution is -2.31. The van der Waals surface area contributed by atoms with Crippen molar-refractivity contribution in [1.29, 1.82) is 0 Å². The van der Waals surface area contributed by atoms with E-state index in [1.165, 1.54) is 11.1 Å². The van der Waals surface area contributed by atoms with Crippen molar-refractivity contribution >= 4 is 5.91 Å². The second-order valence-electron chi connectivity index (χ2n) is 6.27. The highest BCUT2D eigenvalue weighted by Gasteiger charge is 2.27. The van der Waals surface area contributed by atoms with E-state index in [1.807, 2.05) is 7.05 Å². The van der Waals surface area contributed by atoms with E-state index in [2.05, 4.69) is 48.3 Å². The Hall–Kier alpha value is -1.35. The number of benzene rings is 1. The molecule has 116 valence electrons. The van der Waals surface area contributed by atoms with E-state index in [0.717, 1.165) is 32.5 Å². The van der Waals surface area contributed by atoms with Crippen LogP contribution in [0.5, 0.6) is 0 Å². The van der Waals surface area contributed by atoms with Crippen molar-refractivity contribution in [1.82, 2.24) is 10.2 Å². The molecule has 1 aromatic carbocycles. The van der Waals surface area contributed by atoms with Crippen molar-refractivity contribution in [3.8, 4) is 0 Å². The van der Waals surface area contributed by atoms with Gasteiger partial charge in [0, 0.05) is 19.5 Å². The van der Waals surface area contributed by atoms with Crippen LogP contribution in [0.25, 0.3) is 0 Å². The summed E-state index contributed by atoms with van der Waals surface area (Å²) in [6.07, 6.45) is 2.79. The van der Waals surface area contributed by atoms with Crippen LogP contribution in [0.2, 0.25) is 0 Å². The summed E-state index contributed by atoms with van der Waals surface area (Å²) >= 11 is 0. The third-order valence-corrected chi connectivity index (χ3v) is 4.59. The molecular weight excluding hydrogens is 260 g/mol. The van der Waals surface area contributed by atoms with Gasteiger partial charge in [0.25, 0.3) is 0 Å². The smallest absolute Gasteiger partial charge is 0.223 e. The molecule has 2 rings (SSSR count). The molecule has 3 nitrogen and oxygen atoms in total. The predicted octanol–water partition coefficient (Wildman–Crippen LogP) is 2.95. The molecule has 1 fully saturated rings. The third kappa shape index (κ3) is 4.31. The number of carbonyl (C=O) groups excluding carboxylic acids is 1. The number of aryl methyl sites for hydroxylation is 1. The van der Waals surface area contributed by atoms with Gasteiger partial charge in [0.1, 0.15) is 0 Å². The van der Waals surface area contributed by atoms with E-state index in [1.54, 1.807) is 0 Å². The molecule has 1 N–H and O–H groups in total. The number of likely N-dealkylation sites (tertiary alicyclic amines) is 1. The maximum absolute atomic E-state index is 12.5. The minimum absolute atomic E-state index is 0.320. The largest absolute Gasteiger partial charge is 0.342 e. The van der Waals surface area contributed by atoms with E-state index in [0.29, 0.717) is 24.2 Å². The SMILES string of the molecule is CCC(CC(=O)N1CCC(CNC)C1)c1ccc(C)cc1. The van der Waals surface area contributed by atoms with Crippen LogP contribution in [0.4, 0.5) is 0 Å². The summed E-state index contributed by atoms with van der Waals surface area (Å²) in [5.74, 6) is 1.29. The first kappa shape index (κ1) is 16.0. The van der Waals surface area contributed by atoms with Crippen LogP contribution in [0.1, 0.15) is 43.2 Å². The molecule has 0 saturated carbocycles. The van der Waals surface area contributed by atoms with Crippen molar-refractivity contribution in [3.63, 3.8) is 0 Å². The van der Waals surface area contributed by atoms with E-state index >= 15 is 0 Å². The molecule has 1 heterocycles. The van der Waals surface area contributed by atoms with Gasteiger partial charge in [-0.15, -0.1) is 0 Å². The van der Waals surface area contributed by atoms with E-state index in [-0.39, 0.29) is 0 Å². The van der Waals surface area contributed by atoms with E-state index < -0.39 is 0 Å². The molecule has 21 heavy (non-hydrogen) atoms. The molecule has 1 aliphatic heterocycles. The Morgan fingerprint density at radius 1 is 1.38 bits per heavy atom. The van der Waals surface area contributed by atoms with Crippen LogP contribution >= 0.6 is 0 Å². The summed E-state index contributed by atoms with van der Waals surface area (Å²) < 4.78 is 0. The molecular formula is C18H28N2O. The highest BCUT2D eigenvalue weighted by Crippen LogP contribution is 2.26. The normalized spacial score (nSPS) is 19.8. The highest BCUT2D eigenvalue weighted by atomic mass is 16.2. The number of carbonyl (C=O) groups is 1. The molecule has 2 unspecified atom stereocenters. The molecule has 1 saturated heterocycles. The molecule has 1 aliphatic rings. The molecule has 1 amide bonds. The van der Waals surface area contributed by atoms with Crippen molar-refractivity contribution in [3.05, 3.63) is 35.4 Å². The predicted molar refractivity (Wildman–Crippen MR) is 87.4 cm³/mol.